The van der Waals surface area contributed by atoms with Crippen LogP contribution < -0.4 is 15.2 Å². The average Bonchev–Trinajstić information content (AvgIpc) is 2.49. The minimum atomic E-state index is 0.0337. The zero-order chi connectivity index (χ0) is 13.9. The molecule has 0 spiro atoms. The van der Waals surface area contributed by atoms with Crippen molar-refractivity contribution in [3.63, 3.8) is 0 Å². The average molecular weight is 276 g/mol. The Bertz CT molecular complexity index is 464. The fourth-order valence-electron chi connectivity index (χ4n) is 3.08. The molecule has 0 aromatic heterocycles. The van der Waals surface area contributed by atoms with E-state index >= 15 is 0 Å². The highest BCUT2D eigenvalue weighted by Crippen LogP contribution is 2.32. The summed E-state index contributed by atoms with van der Waals surface area (Å²) in [6.45, 7) is 5.63. The minimum absolute atomic E-state index is 0.0337. The fraction of sp³-hybridized carbons (Fsp3) is 0.625. The quantitative estimate of drug-likeness (QED) is 0.920. The molecule has 2 atom stereocenters. The van der Waals surface area contributed by atoms with Crippen LogP contribution in [0.3, 0.4) is 0 Å². The van der Waals surface area contributed by atoms with E-state index in [2.05, 4.69) is 17.9 Å². The summed E-state index contributed by atoms with van der Waals surface area (Å²) in [4.78, 5) is 2.50. The van der Waals surface area contributed by atoms with E-state index in [0.29, 0.717) is 19.3 Å². The Hall–Kier alpha value is -1.26. The van der Waals surface area contributed by atoms with Crippen LogP contribution in [0, 0.1) is 0 Å². The van der Waals surface area contributed by atoms with Crippen molar-refractivity contribution in [2.45, 2.75) is 38.3 Å². The van der Waals surface area contributed by atoms with Gasteiger partial charge in [-0.25, -0.2) is 0 Å². The Morgan fingerprint density at radius 3 is 2.85 bits per heavy atom. The summed E-state index contributed by atoms with van der Waals surface area (Å²) in [7, 11) is 0. The monoisotopic (exact) mass is 276 g/mol. The molecule has 20 heavy (non-hydrogen) atoms. The van der Waals surface area contributed by atoms with E-state index in [9.17, 15) is 0 Å². The molecule has 1 aromatic rings. The largest absolute Gasteiger partial charge is 0.486 e. The molecule has 2 heterocycles. The fourth-order valence-corrected chi connectivity index (χ4v) is 3.08. The number of rotatable bonds is 3. The van der Waals surface area contributed by atoms with Gasteiger partial charge in [0.15, 0.2) is 11.5 Å². The van der Waals surface area contributed by atoms with E-state index in [0.717, 1.165) is 23.6 Å². The summed E-state index contributed by atoms with van der Waals surface area (Å²) < 4.78 is 11.2. The second-order valence-electron chi connectivity index (χ2n) is 5.85. The van der Waals surface area contributed by atoms with Gasteiger partial charge in [0.2, 0.25) is 0 Å². The van der Waals surface area contributed by atoms with Gasteiger partial charge in [-0.3, -0.25) is 4.90 Å². The predicted octanol–water partition coefficient (Wildman–Crippen LogP) is 2.33. The van der Waals surface area contributed by atoms with Crippen LogP contribution in [0.2, 0.25) is 0 Å². The smallest absolute Gasteiger partial charge is 0.161 e. The highest BCUT2D eigenvalue weighted by molar-refractivity contribution is 5.44. The zero-order valence-electron chi connectivity index (χ0n) is 12.2. The Labute approximate surface area is 120 Å². The van der Waals surface area contributed by atoms with E-state index in [1.165, 1.54) is 25.8 Å². The van der Waals surface area contributed by atoms with Crippen LogP contribution in [0.25, 0.3) is 0 Å². The number of hydrogen-bond donors (Lipinski definition) is 1. The summed E-state index contributed by atoms with van der Waals surface area (Å²) in [6, 6.07) is 6.75. The van der Waals surface area contributed by atoms with Crippen LogP contribution in [0.1, 0.15) is 37.8 Å². The molecule has 1 fully saturated rings. The van der Waals surface area contributed by atoms with Crippen molar-refractivity contribution in [2.75, 3.05) is 26.3 Å². The van der Waals surface area contributed by atoms with Gasteiger partial charge in [0.05, 0.1) is 0 Å². The molecule has 0 aliphatic carbocycles. The normalized spacial score (nSPS) is 24.4. The lowest BCUT2D eigenvalue weighted by Crippen LogP contribution is -2.41. The maximum atomic E-state index is 6.38. The Balaban J connectivity index is 1.68. The molecule has 3 rings (SSSR count). The summed E-state index contributed by atoms with van der Waals surface area (Å²) in [5.41, 5.74) is 7.51. The van der Waals surface area contributed by atoms with Crippen molar-refractivity contribution in [2.24, 2.45) is 5.73 Å². The lowest BCUT2D eigenvalue weighted by atomic mass is 10.0. The molecule has 0 radical (unpaired) electrons. The van der Waals surface area contributed by atoms with E-state index in [1.807, 2.05) is 12.1 Å². The SMILES string of the molecule is CC1CCCCN1CC(N)c1ccc2c(c1)OCCO2. The number of nitrogens with zero attached hydrogens (tertiary/aromatic N) is 1. The highest BCUT2D eigenvalue weighted by atomic mass is 16.6. The number of nitrogens with two attached hydrogens (primary N) is 1. The molecule has 4 heteroatoms. The van der Waals surface area contributed by atoms with Gasteiger partial charge in [-0.2, -0.15) is 0 Å². The van der Waals surface area contributed by atoms with Gasteiger partial charge in [0.1, 0.15) is 13.2 Å². The number of ether oxygens (including phenoxy) is 2. The third-order valence-corrected chi connectivity index (χ3v) is 4.37. The summed E-state index contributed by atoms with van der Waals surface area (Å²) >= 11 is 0. The van der Waals surface area contributed by atoms with Crippen LogP contribution >= 0.6 is 0 Å². The second-order valence-corrected chi connectivity index (χ2v) is 5.85. The maximum Gasteiger partial charge on any atom is 0.161 e. The lowest BCUT2D eigenvalue weighted by molar-refractivity contribution is 0.151. The van der Waals surface area contributed by atoms with Gasteiger partial charge in [-0.15, -0.1) is 0 Å². The van der Waals surface area contributed by atoms with Crippen molar-refractivity contribution < 1.29 is 9.47 Å². The van der Waals surface area contributed by atoms with E-state index in [4.69, 9.17) is 15.2 Å². The van der Waals surface area contributed by atoms with Crippen molar-refractivity contribution in [1.82, 2.24) is 4.90 Å². The minimum Gasteiger partial charge on any atom is -0.486 e. The molecule has 1 saturated heterocycles. The molecule has 110 valence electrons. The highest BCUT2D eigenvalue weighted by Gasteiger charge is 2.22. The Morgan fingerprint density at radius 1 is 1.25 bits per heavy atom. The Kier molecular flexibility index (Phi) is 4.13. The molecule has 2 unspecified atom stereocenters. The van der Waals surface area contributed by atoms with Gasteiger partial charge >= 0.3 is 0 Å². The molecular formula is C16H24N2O2. The molecule has 1 aromatic carbocycles. The predicted molar refractivity (Wildman–Crippen MR) is 79.2 cm³/mol. The molecule has 0 saturated carbocycles. The second kappa shape index (κ2) is 6.02. The first kappa shape index (κ1) is 13.7. The summed E-state index contributed by atoms with van der Waals surface area (Å²) in [6.07, 6.45) is 3.92. The molecule has 0 bridgehead atoms. The number of piperidine rings is 1. The first-order valence-corrected chi connectivity index (χ1v) is 7.63. The molecule has 4 nitrogen and oxygen atoms in total. The van der Waals surface area contributed by atoms with E-state index in [1.54, 1.807) is 0 Å². The van der Waals surface area contributed by atoms with Gasteiger partial charge in [-0.05, 0) is 44.0 Å². The third-order valence-electron chi connectivity index (χ3n) is 4.37. The Morgan fingerprint density at radius 2 is 2.05 bits per heavy atom. The van der Waals surface area contributed by atoms with Crippen molar-refractivity contribution >= 4 is 0 Å². The van der Waals surface area contributed by atoms with Gasteiger partial charge < -0.3 is 15.2 Å². The van der Waals surface area contributed by atoms with Crippen LogP contribution in [0.5, 0.6) is 11.5 Å². The first-order valence-electron chi connectivity index (χ1n) is 7.63. The molecule has 2 aliphatic rings. The van der Waals surface area contributed by atoms with Crippen LogP contribution in [0.15, 0.2) is 18.2 Å². The van der Waals surface area contributed by atoms with Gasteiger partial charge in [0.25, 0.3) is 0 Å². The van der Waals surface area contributed by atoms with E-state index < -0.39 is 0 Å². The van der Waals surface area contributed by atoms with Gasteiger partial charge in [0, 0.05) is 18.6 Å². The summed E-state index contributed by atoms with van der Waals surface area (Å²) in [5.74, 6) is 1.66. The topological polar surface area (TPSA) is 47.7 Å². The number of fused-ring (bicyclic) bond motifs is 1. The molecular weight excluding hydrogens is 252 g/mol. The first-order chi connectivity index (χ1) is 9.74. The number of hydrogen-bond acceptors (Lipinski definition) is 4. The van der Waals surface area contributed by atoms with Crippen LogP contribution in [0.4, 0.5) is 0 Å². The zero-order valence-corrected chi connectivity index (χ0v) is 12.2. The summed E-state index contributed by atoms with van der Waals surface area (Å²) in [5, 5.41) is 0. The van der Waals surface area contributed by atoms with Crippen molar-refractivity contribution in [3.05, 3.63) is 23.8 Å². The van der Waals surface area contributed by atoms with E-state index in [-0.39, 0.29) is 6.04 Å². The maximum absolute atomic E-state index is 6.38. The van der Waals surface area contributed by atoms with Crippen molar-refractivity contribution in [3.8, 4) is 11.5 Å². The molecule has 2 aliphatic heterocycles. The number of benzene rings is 1. The lowest BCUT2D eigenvalue weighted by Gasteiger charge is -2.35. The van der Waals surface area contributed by atoms with Gasteiger partial charge in [-0.1, -0.05) is 12.5 Å². The molecule has 0 amide bonds. The van der Waals surface area contributed by atoms with Crippen LogP contribution in [-0.4, -0.2) is 37.2 Å². The number of likely N-dealkylation sites (tertiary alicyclic amines) is 1. The van der Waals surface area contributed by atoms with Crippen molar-refractivity contribution in [1.29, 1.82) is 0 Å². The standard InChI is InChI=1S/C16H24N2O2/c1-12-4-2-3-7-18(12)11-14(17)13-5-6-15-16(10-13)20-9-8-19-15/h5-6,10,12,14H,2-4,7-9,11,17H2,1H3. The molecule has 2 N–H and O–H groups in total. The third kappa shape index (κ3) is 2.91. The van der Waals surface area contributed by atoms with Crippen LogP contribution in [-0.2, 0) is 0 Å².